The maximum absolute atomic E-state index is 4.56. The predicted molar refractivity (Wildman–Crippen MR) is 193 cm³/mol. The van der Waals surface area contributed by atoms with Crippen LogP contribution in [-0.2, 0) is 0 Å². The molecule has 0 spiro atoms. The van der Waals surface area contributed by atoms with Gasteiger partial charge in [0.05, 0.1) is 0 Å². The fourth-order valence-corrected chi connectivity index (χ4v) is 12.7. The minimum Gasteiger partial charge on any atom is -0.175 e. The first kappa shape index (κ1) is 36.8. The van der Waals surface area contributed by atoms with Crippen LogP contribution in [0.5, 0.6) is 0 Å². The summed E-state index contributed by atoms with van der Waals surface area (Å²) < 4.78 is 0. The van der Waals surface area contributed by atoms with Crippen LogP contribution in [-0.4, -0.2) is 101 Å². The first-order chi connectivity index (χ1) is 15.7. The first-order valence-electron chi connectivity index (χ1n) is 11.5. The molecule has 0 heterocycles. The normalized spacial score (nSPS) is 17.5. The average Bonchev–Trinajstić information content (AvgIpc) is 2.71. The molecule has 0 amide bonds. The Morgan fingerprint density at radius 1 is 0.394 bits per heavy atom. The number of thiol groups is 4. The highest BCUT2D eigenvalue weighted by atomic mass is 32.2. The summed E-state index contributed by atoms with van der Waals surface area (Å²) in [5, 5.41) is 3.44. The standard InChI is InChI=1S/C22H46S11/c1-17(23)9-27-5-7-32-21(13-29-11-19(3)25)15-31-16-22(14-30-12-20(4)26)33-8-6-28-10-18(2)24/h17-26H,5-16H2,1-4H3. The van der Waals surface area contributed by atoms with Crippen LogP contribution in [0.4, 0.5) is 0 Å². The molecule has 33 heavy (non-hydrogen) atoms. The van der Waals surface area contributed by atoms with E-state index >= 15 is 0 Å². The van der Waals surface area contributed by atoms with Gasteiger partial charge in [-0.25, -0.2) is 0 Å². The highest BCUT2D eigenvalue weighted by Gasteiger charge is 2.15. The largest absolute Gasteiger partial charge is 0.175 e. The third-order valence-electron chi connectivity index (χ3n) is 3.81. The number of hydrogen-bond acceptors (Lipinski definition) is 11. The van der Waals surface area contributed by atoms with Crippen molar-refractivity contribution in [1.29, 1.82) is 0 Å². The lowest BCUT2D eigenvalue weighted by Gasteiger charge is -2.20. The number of thioether (sulfide) groups is 7. The van der Waals surface area contributed by atoms with E-state index < -0.39 is 0 Å². The van der Waals surface area contributed by atoms with Crippen LogP contribution in [0.25, 0.3) is 0 Å². The molecule has 0 fully saturated rings. The first-order valence-corrected chi connectivity index (χ1v) is 21.5. The van der Waals surface area contributed by atoms with E-state index in [0.717, 1.165) is 33.5 Å². The molecule has 0 N–H and O–H groups in total. The van der Waals surface area contributed by atoms with Gasteiger partial charge in [-0.2, -0.15) is 133 Å². The molecule has 0 aromatic heterocycles. The Morgan fingerprint density at radius 2 is 0.667 bits per heavy atom. The molecule has 0 aromatic carbocycles. The van der Waals surface area contributed by atoms with Crippen LogP contribution >= 0.6 is 133 Å². The number of hydrogen-bond donors (Lipinski definition) is 4. The summed E-state index contributed by atoms with van der Waals surface area (Å²) in [6, 6.07) is 0. The summed E-state index contributed by atoms with van der Waals surface area (Å²) in [7, 11) is 0. The molecule has 11 heteroatoms. The SMILES string of the molecule is CC(S)CSCCSC(CSCC(C)S)CSCC(CSCC(C)S)SCCSCC(C)S. The highest BCUT2D eigenvalue weighted by Crippen LogP contribution is 2.27. The van der Waals surface area contributed by atoms with Gasteiger partial charge in [-0.1, -0.05) is 27.7 Å². The Kier molecular flexibility index (Phi) is 29.1. The third-order valence-corrected chi connectivity index (χ3v) is 15.9. The zero-order valence-electron chi connectivity index (χ0n) is 20.6. The molecule has 0 aliphatic heterocycles. The van der Waals surface area contributed by atoms with Crippen molar-refractivity contribution in [3.8, 4) is 0 Å². The van der Waals surface area contributed by atoms with E-state index in [4.69, 9.17) is 0 Å². The second-order valence-electron chi connectivity index (χ2n) is 8.14. The van der Waals surface area contributed by atoms with Crippen LogP contribution in [0.15, 0.2) is 0 Å². The molecule has 0 aliphatic carbocycles. The van der Waals surface area contributed by atoms with Gasteiger partial charge < -0.3 is 0 Å². The van der Waals surface area contributed by atoms with Crippen molar-refractivity contribution in [3.05, 3.63) is 0 Å². The predicted octanol–water partition coefficient (Wildman–Crippen LogP) is 8.13. The zero-order valence-corrected chi connectivity index (χ0v) is 29.9. The molecule has 0 rings (SSSR count). The van der Waals surface area contributed by atoms with Gasteiger partial charge in [0.2, 0.25) is 0 Å². The average molecular weight is 663 g/mol. The maximum Gasteiger partial charge on any atom is 0.0229 e. The summed E-state index contributed by atoms with van der Waals surface area (Å²) in [5.74, 6) is 14.6. The van der Waals surface area contributed by atoms with Crippen molar-refractivity contribution in [1.82, 2.24) is 0 Å². The molecule has 6 atom stereocenters. The van der Waals surface area contributed by atoms with Crippen molar-refractivity contribution >= 4 is 133 Å². The fraction of sp³-hybridized carbons (Fsp3) is 1.00. The van der Waals surface area contributed by atoms with Crippen molar-refractivity contribution in [3.63, 3.8) is 0 Å². The van der Waals surface area contributed by atoms with Gasteiger partial charge in [-0.05, 0) is 0 Å². The Hall–Kier alpha value is 3.85. The minimum absolute atomic E-state index is 0.483. The molecule has 0 radical (unpaired) electrons. The molecular formula is C22H46S11. The third kappa shape index (κ3) is 28.7. The van der Waals surface area contributed by atoms with Gasteiger partial charge in [0.15, 0.2) is 0 Å². The number of rotatable bonds is 24. The van der Waals surface area contributed by atoms with Gasteiger partial charge in [-0.15, -0.1) is 0 Å². The Morgan fingerprint density at radius 3 is 0.970 bits per heavy atom. The van der Waals surface area contributed by atoms with E-state index in [1.54, 1.807) is 0 Å². The van der Waals surface area contributed by atoms with Crippen molar-refractivity contribution < 1.29 is 0 Å². The van der Waals surface area contributed by atoms with Crippen molar-refractivity contribution in [2.75, 3.05) is 69.0 Å². The molecule has 6 unspecified atom stereocenters. The van der Waals surface area contributed by atoms with E-state index in [1.807, 2.05) is 23.5 Å². The molecule has 0 saturated heterocycles. The molecule has 0 bridgehead atoms. The van der Waals surface area contributed by atoms with Crippen molar-refractivity contribution in [2.24, 2.45) is 0 Å². The lowest BCUT2D eigenvalue weighted by Crippen LogP contribution is -2.17. The van der Waals surface area contributed by atoms with Crippen molar-refractivity contribution in [2.45, 2.75) is 59.2 Å². The summed E-state index contributed by atoms with van der Waals surface area (Å²) in [5.41, 5.74) is 0. The molecule has 0 aliphatic rings. The topological polar surface area (TPSA) is 0 Å². The summed E-state index contributed by atoms with van der Waals surface area (Å²) in [6.45, 7) is 8.76. The van der Waals surface area contributed by atoms with E-state index in [1.165, 1.54) is 46.0 Å². The molecule has 0 nitrogen and oxygen atoms in total. The second kappa shape index (κ2) is 26.1. The molecule has 200 valence electrons. The lowest BCUT2D eigenvalue weighted by molar-refractivity contribution is 1.09. The molecule has 0 aromatic rings. The zero-order chi connectivity index (χ0) is 24.9. The van der Waals surface area contributed by atoms with Crippen LogP contribution < -0.4 is 0 Å². The van der Waals surface area contributed by atoms with Gasteiger partial charge in [-0.3, -0.25) is 0 Å². The monoisotopic (exact) mass is 662 g/mol. The quantitative estimate of drug-likeness (QED) is 0.0601. The Labute approximate surface area is 258 Å². The van der Waals surface area contributed by atoms with E-state index in [-0.39, 0.29) is 0 Å². The van der Waals surface area contributed by atoms with Gasteiger partial charge >= 0.3 is 0 Å². The maximum atomic E-state index is 4.56. The van der Waals surface area contributed by atoms with Gasteiger partial charge in [0, 0.05) is 101 Å². The van der Waals surface area contributed by atoms with Crippen LogP contribution in [0.3, 0.4) is 0 Å². The second-order valence-corrected chi connectivity index (χ2v) is 20.0. The van der Waals surface area contributed by atoms with Crippen LogP contribution in [0.2, 0.25) is 0 Å². The van der Waals surface area contributed by atoms with Gasteiger partial charge in [0.25, 0.3) is 0 Å². The summed E-state index contributed by atoms with van der Waals surface area (Å²) in [6.07, 6.45) is 0. The van der Waals surface area contributed by atoms with Crippen LogP contribution in [0, 0.1) is 0 Å². The summed E-state index contributed by atoms with van der Waals surface area (Å²) in [4.78, 5) is 0. The Balaban J connectivity index is 4.42. The lowest BCUT2D eigenvalue weighted by atomic mass is 10.5. The van der Waals surface area contributed by atoms with E-state index in [2.05, 4.69) is 137 Å². The fourth-order valence-electron chi connectivity index (χ4n) is 2.41. The molecular weight excluding hydrogens is 617 g/mol. The molecule has 0 saturated carbocycles. The minimum atomic E-state index is 0.483. The highest BCUT2D eigenvalue weighted by molar-refractivity contribution is 8.08. The smallest absolute Gasteiger partial charge is 0.0229 e. The van der Waals surface area contributed by atoms with E-state index in [9.17, 15) is 0 Å². The van der Waals surface area contributed by atoms with Gasteiger partial charge in [0.1, 0.15) is 0 Å². The van der Waals surface area contributed by atoms with Crippen LogP contribution in [0.1, 0.15) is 27.7 Å². The summed E-state index contributed by atoms with van der Waals surface area (Å²) >= 11 is 32.9. The van der Waals surface area contributed by atoms with E-state index in [0.29, 0.717) is 21.0 Å². The Bertz CT molecular complexity index is 372.